The maximum atomic E-state index is 12.2. The first-order valence-electron chi connectivity index (χ1n) is 9.23. The number of Topliss-reactive ketones (excluding diaryl/α,β-unsaturated/α-hetero) is 1. The van der Waals surface area contributed by atoms with Crippen LogP contribution in [0.4, 0.5) is 0 Å². The van der Waals surface area contributed by atoms with Crippen molar-refractivity contribution < 1.29 is 15.0 Å². The second-order valence-corrected chi connectivity index (χ2v) is 8.08. The predicted molar refractivity (Wildman–Crippen MR) is 95.1 cm³/mol. The number of ketones is 1. The normalized spacial score (nSPS) is 38.8. The van der Waals surface area contributed by atoms with Gasteiger partial charge < -0.3 is 10.2 Å². The molecule has 23 heavy (non-hydrogen) atoms. The Bertz CT molecular complexity index is 390. The van der Waals surface area contributed by atoms with E-state index in [9.17, 15) is 15.0 Å². The molecule has 0 spiro atoms. The Morgan fingerprint density at radius 2 is 1.61 bits per heavy atom. The van der Waals surface area contributed by atoms with Crippen molar-refractivity contribution in [3.05, 3.63) is 12.2 Å². The SMILES string of the molecule is C=C(C)C1CC[C@@H](C)[C@H](O)CCC(C)CC(=O)C[C@@H](C)[C@H](O)C1. The van der Waals surface area contributed by atoms with Gasteiger partial charge in [0.2, 0.25) is 0 Å². The van der Waals surface area contributed by atoms with Crippen LogP contribution in [0, 0.1) is 23.7 Å². The molecule has 2 unspecified atom stereocenters. The van der Waals surface area contributed by atoms with Crippen LogP contribution < -0.4 is 0 Å². The van der Waals surface area contributed by atoms with Crippen LogP contribution in [-0.2, 0) is 4.79 Å². The van der Waals surface area contributed by atoms with Crippen LogP contribution in [-0.4, -0.2) is 28.2 Å². The fourth-order valence-electron chi connectivity index (χ4n) is 3.55. The zero-order chi connectivity index (χ0) is 17.6. The van der Waals surface area contributed by atoms with Crippen molar-refractivity contribution in [2.24, 2.45) is 23.7 Å². The molecule has 1 fully saturated rings. The highest BCUT2D eigenvalue weighted by Gasteiger charge is 2.25. The topological polar surface area (TPSA) is 57.5 Å². The lowest BCUT2D eigenvalue weighted by Gasteiger charge is -2.28. The molecule has 0 amide bonds. The molecule has 0 aromatic rings. The van der Waals surface area contributed by atoms with Crippen molar-refractivity contribution in [1.82, 2.24) is 0 Å². The minimum Gasteiger partial charge on any atom is -0.393 e. The van der Waals surface area contributed by atoms with Crippen LogP contribution in [0.1, 0.15) is 72.6 Å². The summed E-state index contributed by atoms with van der Waals surface area (Å²) < 4.78 is 0. The molecule has 2 N–H and O–H groups in total. The van der Waals surface area contributed by atoms with E-state index >= 15 is 0 Å². The number of aliphatic hydroxyl groups excluding tert-OH is 2. The van der Waals surface area contributed by atoms with Crippen LogP contribution in [0.15, 0.2) is 12.2 Å². The standard InChI is InChI=1S/C20H36O3/c1-13(2)17-8-7-15(4)19(22)9-6-14(3)10-18(21)11-16(5)20(23)12-17/h14-17,19-20,22-23H,1,6-12H2,2-5H3/t14?,15-,16-,17?,19-,20-/m1/s1. The van der Waals surface area contributed by atoms with E-state index in [1.54, 1.807) is 0 Å². The molecule has 0 heterocycles. The van der Waals surface area contributed by atoms with Gasteiger partial charge in [-0.3, -0.25) is 4.79 Å². The average molecular weight is 325 g/mol. The highest BCUT2D eigenvalue weighted by molar-refractivity contribution is 5.78. The molecule has 0 aliphatic heterocycles. The molecule has 0 radical (unpaired) electrons. The number of hydrogen-bond donors (Lipinski definition) is 2. The lowest BCUT2D eigenvalue weighted by atomic mass is 9.81. The van der Waals surface area contributed by atoms with Crippen LogP contribution in [0.25, 0.3) is 0 Å². The summed E-state index contributed by atoms with van der Waals surface area (Å²) in [5.74, 6) is 1.05. The smallest absolute Gasteiger partial charge is 0.133 e. The van der Waals surface area contributed by atoms with Crippen LogP contribution in [0.3, 0.4) is 0 Å². The maximum Gasteiger partial charge on any atom is 0.133 e. The average Bonchev–Trinajstić information content (AvgIpc) is 2.46. The monoisotopic (exact) mass is 324 g/mol. The summed E-state index contributed by atoms with van der Waals surface area (Å²) in [5, 5.41) is 20.8. The lowest BCUT2D eigenvalue weighted by molar-refractivity contribution is -0.121. The highest BCUT2D eigenvalue weighted by Crippen LogP contribution is 2.29. The van der Waals surface area contributed by atoms with Crippen LogP contribution >= 0.6 is 0 Å². The molecule has 1 aliphatic carbocycles. The summed E-state index contributed by atoms with van der Waals surface area (Å²) in [6.45, 7) is 12.2. The van der Waals surface area contributed by atoms with Gasteiger partial charge in [-0.2, -0.15) is 0 Å². The molecule has 0 saturated heterocycles. The molecule has 0 aromatic carbocycles. The minimum absolute atomic E-state index is 0.00232. The minimum atomic E-state index is -0.459. The molecule has 6 atom stereocenters. The van der Waals surface area contributed by atoms with Gasteiger partial charge in [-0.1, -0.05) is 32.9 Å². The molecule has 0 aromatic heterocycles. The van der Waals surface area contributed by atoms with Gasteiger partial charge in [0, 0.05) is 12.8 Å². The van der Waals surface area contributed by atoms with Gasteiger partial charge in [0.15, 0.2) is 0 Å². The van der Waals surface area contributed by atoms with E-state index in [2.05, 4.69) is 20.4 Å². The summed E-state index contributed by atoms with van der Waals surface area (Å²) in [4.78, 5) is 12.2. The van der Waals surface area contributed by atoms with E-state index in [0.29, 0.717) is 25.2 Å². The van der Waals surface area contributed by atoms with E-state index in [-0.39, 0.29) is 29.6 Å². The molecular formula is C20H36O3. The van der Waals surface area contributed by atoms with Crippen LogP contribution in [0.5, 0.6) is 0 Å². The number of carbonyl (C=O) groups excluding carboxylic acids is 1. The van der Waals surface area contributed by atoms with E-state index in [1.807, 2.05) is 13.8 Å². The van der Waals surface area contributed by atoms with Crippen molar-refractivity contribution in [2.45, 2.75) is 84.8 Å². The zero-order valence-corrected chi connectivity index (χ0v) is 15.4. The van der Waals surface area contributed by atoms with Gasteiger partial charge in [-0.05, 0) is 62.7 Å². The molecule has 134 valence electrons. The molecule has 3 heteroatoms. The summed E-state index contributed by atoms with van der Waals surface area (Å²) in [6.07, 6.45) is 4.47. The Balaban J connectivity index is 2.81. The first-order valence-corrected chi connectivity index (χ1v) is 9.23. The summed E-state index contributed by atoms with van der Waals surface area (Å²) >= 11 is 0. The summed E-state index contributed by atoms with van der Waals surface area (Å²) in [7, 11) is 0. The first kappa shape index (κ1) is 20.4. The first-order chi connectivity index (χ1) is 10.7. The van der Waals surface area contributed by atoms with Gasteiger partial charge in [0.05, 0.1) is 12.2 Å². The van der Waals surface area contributed by atoms with Gasteiger partial charge in [0.25, 0.3) is 0 Å². The van der Waals surface area contributed by atoms with Gasteiger partial charge in [-0.25, -0.2) is 0 Å². The Morgan fingerprint density at radius 1 is 0.957 bits per heavy atom. The lowest BCUT2D eigenvalue weighted by Crippen LogP contribution is -2.26. The Labute approximate surface area is 142 Å². The maximum absolute atomic E-state index is 12.2. The van der Waals surface area contributed by atoms with Crippen LogP contribution in [0.2, 0.25) is 0 Å². The number of rotatable bonds is 1. The third-order valence-corrected chi connectivity index (χ3v) is 5.59. The van der Waals surface area contributed by atoms with Gasteiger partial charge in [-0.15, -0.1) is 0 Å². The van der Waals surface area contributed by atoms with E-state index in [4.69, 9.17) is 0 Å². The number of carbonyl (C=O) groups is 1. The summed E-state index contributed by atoms with van der Waals surface area (Å²) in [6, 6.07) is 0. The second kappa shape index (κ2) is 9.58. The van der Waals surface area contributed by atoms with E-state index in [1.165, 1.54) is 0 Å². The van der Waals surface area contributed by atoms with E-state index in [0.717, 1.165) is 31.3 Å². The quantitative estimate of drug-likeness (QED) is 0.713. The third-order valence-electron chi connectivity index (χ3n) is 5.59. The molecule has 1 rings (SSSR count). The van der Waals surface area contributed by atoms with Gasteiger partial charge >= 0.3 is 0 Å². The molecule has 3 nitrogen and oxygen atoms in total. The number of aliphatic hydroxyl groups is 2. The Kier molecular flexibility index (Phi) is 8.49. The summed E-state index contributed by atoms with van der Waals surface area (Å²) in [5.41, 5.74) is 1.09. The predicted octanol–water partition coefficient (Wildman–Crippen LogP) is 4.12. The Hall–Kier alpha value is -0.670. The fraction of sp³-hybridized carbons (Fsp3) is 0.850. The second-order valence-electron chi connectivity index (χ2n) is 8.08. The van der Waals surface area contributed by atoms with Crippen molar-refractivity contribution in [3.8, 4) is 0 Å². The van der Waals surface area contributed by atoms with Gasteiger partial charge in [0.1, 0.15) is 5.78 Å². The van der Waals surface area contributed by atoms with E-state index < -0.39 is 6.10 Å². The third kappa shape index (κ3) is 7.17. The molecule has 1 aliphatic rings. The Morgan fingerprint density at radius 3 is 2.22 bits per heavy atom. The molecule has 0 bridgehead atoms. The van der Waals surface area contributed by atoms with Crippen molar-refractivity contribution in [1.29, 1.82) is 0 Å². The number of hydrogen-bond acceptors (Lipinski definition) is 3. The van der Waals surface area contributed by atoms with Crippen molar-refractivity contribution in [2.75, 3.05) is 0 Å². The zero-order valence-electron chi connectivity index (χ0n) is 15.4. The van der Waals surface area contributed by atoms with Crippen molar-refractivity contribution >= 4 is 5.78 Å². The largest absolute Gasteiger partial charge is 0.393 e. The highest BCUT2D eigenvalue weighted by atomic mass is 16.3. The molecular weight excluding hydrogens is 288 g/mol. The molecule has 1 saturated carbocycles. The number of allylic oxidation sites excluding steroid dienone is 1. The fourth-order valence-corrected chi connectivity index (χ4v) is 3.55. The van der Waals surface area contributed by atoms with Crippen molar-refractivity contribution in [3.63, 3.8) is 0 Å².